The van der Waals surface area contributed by atoms with Gasteiger partial charge < -0.3 is 14.6 Å². The van der Waals surface area contributed by atoms with Gasteiger partial charge in [0.1, 0.15) is 5.75 Å². The van der Waals surface area contributed by atoms with Crippen LogP contribution in [0.2, 0.25) is 5.02 Å². The lowest BCUT2D eigenvalue weighted by Gasteiger charge is -2.09. The van der Waals surface area contributed by atoms with E-state index in [4.69, 9.17) is 16.3 Å². The third kappa shape index (κ3) is 4.80. The van der Waals surface area contributed by atoms with Crippen LogP contribution in [0.25, 0.3) is 0 Å². The fourth-order valence-corrected chi connectivity index (χ4v) is 3.32. The molecule has 134 valence electrons. The number of carbonyl (C=O) groups is 1. The minimum atomic E-state index is -0.0903. The topological polar surface area (TPSA) is 56.1 Å². The maximum atomic E-state index is 12.2. The summed E-state index contributed by atoms with van der Waals surface area (Å²) in [7, 11) is 1.61. The van der Waals surface area contributed by atoms with Crippen LogP contribution in [0.15, 0.2) is 66.1 Å². The Balaban J connectivity index is 1.57. The van der Waals surface area contributed by atoms with Gasteiger partial charge in [0.05, 0.1) is 19.4 Å². The van der Waals surface area contributed by atoms with Crippen LogP contribution in [0.4, 0.5) is 5.69 Å². The summed E-state index contributed by atoms with van der Waals surface area (Å²) >= 11 is 7.61. The van der Waals surface area contributed by atoms with Crippen molar-refractivity contribution in [3.05, 3.63) is 71.5 Å². The predicted molar refractivity (Wildman–Crippen MR) is 105 cm³/mol. The molecule has 0 spiro atoms. The molecule has 1 heterocycles. The van der Waals surface area contributed by atoms with Crippen LogP contribution in [0.3, 0.4) is 0 Å². The molecule has 5 nitrogen and oxygen atoms in total. The highest BCUT2D eigenvalue weighted by Gasteiger charge is 2.10. The van der Waals surface area contributed by atoms with Crippen molar-refractivity contribution in [1.29, 1.82) is 0 Å². The van der Waals surface area contributed by atoms with Gasteiger partial charge in [0.15, 0.2) is 5.16 Å². The average molecular weight is 388 g/mol. The summed E-state index contributed by atoms with van der Waals surface area (Å²) in [5.41, 5.74) is 1.74. The minimum absolute atomic E-state index is 0.0903. The van der Waals surface area contributed by atoms with Gasteiger partial charge in [-0.1, -0.05) is 41.6 Å². The zero-order valence-electron chi connectivity index (χ0n) is 14.2. The normalized spacial score (nSPS) is 10.5. The molecule has 0 unspecified atom stereocenters. The van der Waals surface area contributed by atoms with Crippen LogP contribution in [-0.2, 0) is 11.3 Å². The lowest BCUT2D eigenvalue weighted by Crippen LogP contribution is -2.14. The van der Waals surface area contributed by atoms with E-state index < -0.39 is 0 Å². The molecule has 3 rings (SSSR count). The maximum absolute atomic E-state index is 12.2. The Morgan fingerprint density at radius 1 is 1.23 bits per heavy atom. The summed E-state index contributed by atoms with van der Waals surface area (Å²) in [6, 6.07) is 14.9. The number of nitrogens with zero attached hydrogens (tertiary/aromatic N) is 2. The van der Waals surface area contributed by atoms with Crippen LogP contribution in [-0.4, -0.2) is 28.3 Å². The van der Waals surface area contributed by atoms with Gasteiger partial charge in [-0.25, -0.2) is 4.98 Å². The number of nitrogens with one attached hydrogen (secondary N) is 1. The van der Waals surface area contributed by atoms with Crippen LogP contribution in [0, 0.1) is 0 Å². The van der Waals surface area contributed by atoms with E-state index in [9.17, 15) is 4.79 Å². The molecule has 2 aromatic carbocycles. The molecule has 0 saturated heterocycles. The van der Waals surface area contributed by atoms with Crippen molar-refractivity contribution in [2.24, 2.45) is 0 Å². The molecule has 0 saturated carbocycles. The zero-order valence-corrected chi connectivity index (χ0v) is 15.8. The van der Waals surface area contributed by atoms with Crippen LogP contribution >= 0.6 is 23.4 Å². The Bertz CT molecular complexity index is 881. The molecule has 0 fully saturated rings. The Morgan fingerprint density at radius 3 is 2.73 bits per heavy atom. The van der Waals surface area contributed by atoms with Crippen molar-refractivity contribution in [2.45, 2.75) is 11.7 Å². The molecule has 26 heavy (non-hydrogen) atoms. The number of aromatic nitrogens is 2. The number of ether oxygens (including phenoxy) is 1. The quantitative estimate of drug-likeness (QED) is 0.613. The smallest absolute Gasteiger partial charge is 0.234 e. The maximum Gasteiger partial charge on any atom is 0.234 e. The second-order valence-corrected chi connectivity index (χ2v) is 6.84. The summed E-state index contributed by atoms with van der Waals surface area (Å²) in [5.74, 6) is 0.928. The molecule has 0 aliphatic heterocycles. The van der Waals surface area contributed by atoms with Gasteiger partial charge in [-0.15, -0.1) is 0 Å². The fraction of sp³-hybridized carbons (Fsp3) is 0.158. The Hall–Kier alpha value is -2.44. The molecule has 1 N–H and O–H groups in total. The van der Waals surface area contributed by atoms with Crippen LogP contribution < -0.4 is 10.1 Å². The summed E-state index contributed by atoms with van der Waals surface area (Å²) in [6.07, 6.45) is 3.60. The van der Waals surface area contributed by atoms with E-state index in [2.05, 4.69) is 10.3 Å². The number of carbonyl (C=O) groups excluding carboxylic acids is 1. The van der Waals surface area contributed by atoms with E-state index in [1.54, 1.807) is 37.6 Å². The highest BCUT2D eigenvalue weighted by Crippen LogP contribution is 2.21. The number of hydrogen-bond acceptors (Lipinski definition) is 4. The SMILES string of the molecule is COc1ccc(NC(=O)CSc2nccn2Cc2ccccc2Cl)cc1. The van der Waals surface area contributed by atoms with Crippen LogP contribution in [0.1, 0.15) is 5.56 Å². The van der Waals surface area contributed by atoms with E-state index in [0.717, 1.165) is 27.2 Å². The highest BCUT2D eigenvalue weighted by atomic mass is 35.5. The molecule has 3 aromatic rings. The van der Waals surface area contributed by atoms with Gasteiger partial charge in [-0.05, 0) is 35.9 Å². The van der Waals surface area contributed by atoms with Crippen molar-refractivity contribution < 1.29 is 9.53 Å². The van der Waals surface area contributed by atoms with Crippen molar-refractivity contribution in [1.82, 2.24) is 9.55 Å². The third-order valence-corrected chi connectivity index (χ3v) is 5.06. The number of rotatable bonds is 7. The van der Waals surface area contributed by atoms with Crippen molar-refractivity contribution in [3.63, 3.8) is 0 Å². The first kappa shape index (κ1) is 18.4. The largest absolute Gasteiger partial charge is 0.497 e. The number of thioether (sulfide) groups is 1. The predicted octanol–water partition coefficient (Wildman–Crippen LogP) is 4.32. The van der Waals surface area contributed by atoms with Gasteiger partial charge in [0.25, 0.3) is 0 Å². The van der Waals surface area contributed by atoms with E-state index in [1.807, 2.05) is 35.0 Å². The van der Waals surface area contributed by atoms with Gasteiger partial charge in [0, 0.05) is 23.1 Å². The van der Waals surface area contributed by atoms with Gasteiger partial charge in [-0.2, -0.15) is 0 Å². The number of halogens is 1. The lowest BCUT2D eigenvalue weighted by atomic mass is 10.2. The van der Waals surface area contributed by atoms with E-state index in [-0.39, 0.29) is 11.7 Å². The molecular weight excluding hydrogens is 370 g/mol. The summed E-state index contributed by atoms with van der Waals surface area (Å²) in [4.78, 5) is 16.5. The van der Waals surface area contributed by atoms with E-state index >= 15 is 0 Å². The standard InChI is InChI=1S/C19H18ClN3O2S/c1-25-16-8-6-15(7-9-16)22-18(24)13-26-19-21-10-11-23(19)12-14-4-2-3-5-17(14)20/h2-11H,12-13H2,1H3,(H,22,24). The number of amides is 1. The van der Waals surface area contributed by atoms with Crippen molar-refractivity contribution in [3.8, 4) is 5.75 Å². The summed E-state index contributed by atoms with van der Waals surface area (Å²) < 4.78 is 7.08. The minimum Gasteiger partial charge on any atom is -0.497 e. The first-order valence-corrected chi connectivity index (χ1v) is 9.33. The molecule has 0 atom stereocenters. The Labute approximate surface area is 161 Å². The monoisotopic (exact) mass is 387 g/mol. The first-order chi connectivity index (χ1) is 12.7. The third-order valence-electron chi connectivity index (χ3n) is 3.68. The fourth-order valence-electron chi connectivity index (χ4n) is 2.37. The molecule has 7 heteroatoms. The molecule has 0 aliphatic carbocycles. The zero-order chi connectivity index (χ0) is 18.4. The van der Waals surface area contributed by atoms with Crippen molar-refractivity contribution in [2.75, 3.05) is 18.2 Å². The average Bonchev–Trinajstić information content (AvgIpc) is 3.10. The first-order valence-electron chi connectivity index (χ1n) is 7.97. The van der Waals surface area contributed by atoms with Crippen molar-refractivity contribution >= 4 is 35.0 Å². The molecule has 0 bridgehead atoms. The Morgan fingerprint density at radius 2 is 2.00 bits per heavy atom. The second kappa shape index (κ2) is 8.78. The summed E-state index contributed by atoms with van der Waals surface area (Å²) in [5, 5.41) is 4.35. The number of methoxy groups -OCH3 is 1. The Kier molecular flexibility index (Phi) is 6.20. The van der Waals surface area contributed by atoms with Gasteiger partial charge in [0.2, 0.25) is 5.91 Å². The van der Waals surface area contributed by atoms with Crippen LogP contribution in [0.5, 0.6) is 5.75 Å². The second-order valence-electron chi connectivity index (χ2n) is 5.49. The molecule has 1 aromatic heterocycles. The molecule has 1 amide bonds. The number of imidazole rings is 1. The van der Waals surface area contributed by atoms with Gasteiger partial charge >= 0.3 is 0 Å². The summed E-state index contributed by atoms with van der Waals surface area (Å²) in [6.45, 7) is 0.613. The van der Waals surface area contributed by atoms with Gasteiger partial charge in [-0.3, -0.25) is 4.79 Å². The number of hydrogen-bond donors (Lipinski definition) is 1. The molecular formula is C19H18ClN3O2S. The number of benzene rings is 2. The molecule has 0 aliphatic rings. The van der Waals surface area contributed by atoms with E-state index in [0.29, 0.717) is 6.54 Å². The highest BCUT2D eigenvalue weighted by molar-refractivity contribution is 7.99. The molecule has 0 radical (unpaired) electrons. The lowest BCUT2D eigenvalue weighted by molar-refractivity contribution is -0.113. The van der Waals surface area contributed by atoms with E-state index in [1.165, 1.54) is 11.8 Å². The number of anilines is 1.